The lowest BCUT2D eigenvalue weighted by Gasteiger charge is -2.08. The zero-order valence-corrected chi connectivity index (χ0v) is 12.5. The van der Waals surface area contributed by atoms with Gasteiger partial charge in [0, 0.05) is 18.4 Å². The lowest BCUT2D eigenvalue weighted by molar-refractivity contribution is 0.121. The molecule has 0 amide bonds. The average molecular weight is 292 g/mol. The third kappa shape index (κ3) is 3.71. The zero-order chi connectivity index (χ0) is 14.4. The van der Waals surface area contributed by atoms with Crippen molar-refractivity contribution in [2.75, 3.05) is 13.7 Å². The first-order valence-electron chi connectivity index (χ1n) is 6.61. The van der Waals surface area contributed by atoms with Gasteiger partial charge in [-0.2, -0.15) is 0 Å². The summed E-state index contributed by atoms with van der Waals surface area (Å²) in [5.41, 5.74) is 2.73. The van der Waals surface area contributed by atoms with Gasteiger partial charge < -0.3 is 9.47 Å². The molecule has 1 aromatic heterocycles. The summed E-state index contributed by atoms with van der Waals surface area (Å²) in [6.45, 7) is 3.37. The normalized spacial score (nSPS) is 10.6. The van der Waals surface area contributed by atoms with Crippen LogP contribution in [-0.4, -0.2) is 18.7 Å². The molecule has 0 aliphatic rings. The molecule has 0 bridgehead atoms. The third-order valence-electron chi connectivity index (χ3n) is 2.88. The second-order valence-corrected chi connectivity index (χ2v) is 4.86. The maximum absolute atomic E-state index is 6.30. The van der Waals surface area contributed by atoms with Crippen LogP contribution in [0.3, 0.4) is 0 Å². The van der Waals surface area contributed by atoms with E-state index in [0.29, 0.717) is 11.6 Å². The molecule has 0 unspecified atom stereocenters. The van der Waals surface area contributed by atoms with E-state index >= 15 is 0 Å². The number of aromatic nitrogens is 1. The Hall–Kier alpha value is -1.58. The van der Waals surface area contributed by atoms with Crippen LogP contribution in [0.4, 0.5) is 0 Å². The summed E-state index contributed by atoms with van der Waals surface area (Å²) in [5.74, 6) is 0.814. The Kier molecular flexibility index (Phi) is 5.39. The molecule has 0 spiro atoms. The van der Waals surface area contributed by atoms with Crippen LogP contribution >= 0.6 is 11.6 Å². The zero-order valence-electron chi connectivity index (χ0n) is 11.7. The van der Waals surface area contributed by atoms with Crippen LogP contribution in [0.25, 0.3) is 11.3 Å². The monoisotopic (exact) mass is 291 g/mol. The van der Waals surface area contributed by atoms with Crippen molar-refractivity contribution in [1.29, 1.82) is 0 Å². The fourth-order valence-electron chi connectivity index (χ4n) is 1.85. The molecule has 0 N–H and O–H groups in total. The number of methoxy groups -OCH3 is 1. The third-order valence-corrected chi connectivity index (χ3v) is 3.17. The van der Waals surface area contributed by atoms with Gasteiger partial charge in [-0.25, -0.2) is 0 Å². The fraction of sp³-hybridized carbons (Fsp3) is 0.312. The van der Waals surface area contributed by atoms with E-state index in [1.807, 2.05) is 30.3 Å². The Morgan fingerprint density at radius 3 is 2.55 bits per heavy atom. The van der Waals surface area contributed by atoms with Crippen molar-refractivity contribution in [3.05, 3.63) is 47.1 Å². The molecule has 0 aliphatic heterocycles. The summed E-state index contributed by atoms with van der Waals surface area (Å²) in [4.78, 5) is 4.43. The highest BCUT2D eigenvalue weighted by molar-refractivity contribution is 6.33. The van der Waals surface area contributed by atoms with Crippen LogP contribution in [-0.2, 0) is 11.3 Å². The molecular weight excluding hydrogens is 274 g/mol. The lowest BCUT2D eigenvalue weighted by Crippen LogP contribution is -1.96. The first-order valence-corrected chi connectivity index (χ1v) is 6.99. The van der Waals surface area contributed by atoms with Gasteiger partial charge in [-0.05, 0) is 42.3 Å². The van der Waals surface area contributed by atoms with E-state index in [1.54, 1.807) is 13.3 Å². The molecule has 0 saturated carbocycles. The number of rotatable bonds is 6. The standard InChI is InChI=1S/C16H18ClNO2/c1-3-8-20-11-12-9-15(17)16(18-10-12)13-4-6-14(19-2)7-5-13/h4-7,9-10H,3,8,11H2,1-2H3. The van der Waals surface area contributed by atoms with Gasteiger partial charge in [0.05, 0.1) is 24.4 Å². The van der Waals surface area contributed by atoms with Crippen LogP contribution in [0.2, 0.25) is 5.02 Å². The molecule has 4 heteroatoms. The minimum Gasteiger partial charge on any atom is -0.497 e. The van der Waals surface area contributed by atoms with E-state index < -0.39 is 0 Å². The number of hydrogen-bond donors (Lipinski definition) is 0. The predicted octanol–water partition coefficient (Wildman–Crippen LogP) is 4.34. The molecule has 0 radical (unpaired) electrons. The summed E-state index contributed by atoms with van der Waals surface area (Å²) >= 11 is 6.30. The van der Waals surface area contributed by atoms with E-state index in [0.717, 1.165) is 35.6 Å². The topological polar surface area (TPSA) is 31.4 Å². The number of hydrogen-bond acceptors (Lipinski definition) is 3. The minimum absolute atomic E-state index is 0.545. The number of benzene rings is 1. The highest BCUT2D eigenvalue weighted by Crippen LogP contribution is 2.27. The Labute approximate surface area is 124 Å². The summed E-state index contributed by atoms with van der Waals surface area (Å²) < 4.78 is 10.6. The summed E-state index contributed by atoms with van der Waals surface area (Å²) in [6.07, 6.45) is 2.81. The van der Waals surface area contributed by atoms with E-state index in [2.05, 4.69) is 11.9 Å². The number of nitrogens with zero attached hydrogens (tertiary/aromatic N) is 1. The molecule has 3 nitrogen and oxygen atoms in total. The largest absolute Gasteiger partial charge is 0.497 e. The molecule has 2 rings (SSSR count). The first kappa shape index (κ1) is 14.8. The highest BCUT2D eigenvalue weighted by Gasteiger charge is 2.07. The van der Waals surface area contributed by atoms with Crippen molar-refractivity contribution in [3.63, 3.8) is 0 Å². The predicted molar refractivity (Wildman–Crippen MR) is 81.2 cm³/mol. The lowest BCUT2D eigenvalue weighted by atomic mass is 10.1. The minimum atomic E-state index is 0.545. The Morgan fingerprint density at radius 2 is 1.95 bits per heavy atom. The summed E-state index contributed by atoms with van der Waals surface area (Å²) in [7, 11) is 1.64. The van der Waals surface area contributed by atoms with Crippen molar-refractivity contribution >= 4 is 11.6 Å². The number of ether oxygens (including phenoxy) is 2. The molecule has 2 aromatic rings. The fourth-order valence-corrected chi connectivity index (χ4v) is 2.15. The molecular formula is C16H18ClNO2. The maximum Gasteiger partial charge on any atom is 0.118 e. The molecule has 1 heterocycles. The Morgan fingerprint density at radius 1 is 1.20 bits per heavy atom. The van der Waals surface area contributed by atoms with Crippen LogP contribution in [0.5, 0.6) is 5.75 Å². The average Bonchev–Trinajstić information content (AvgIpc) is 2.48. The van der Waals surface area contributed by atoms with Gasteiger partial charge in [-0.3, -0.25) is 4.98 Å². The number of halogens is 1. The first-order chi connectivity index (χ1) is 9.74. The quantitative estimate of drug-likeness (QED) is 0.742. The van der Waals surface area contributed by atoms with Crippen LogP contribution in [0, 0.1) is 0 Å². The second kappa shape index (κ2) is 7.27. The van der Waals surface area contributed by atoms with E-state index in [1.165, 1.54) is 0 Å². The van der Waals surface area contributed by atoms with Crippen LogP contribution in [0.1, 0.15) is 18.9 Å². The van der Waals surface area contributed by atoms with Crippen molar-refractivity contribution in [3.8, 4) is 17.0 Å². The number of pyridine rings is 1. The molecule has 0 aliphatic carbocycles. The van der Waals surface area contributed by atoms with E-state index in [9.17, 15) is 0 Å². The smallest absolute Gasteiger partial charge is 0.118 e. The molecule has 0 saturated heterocycles. The van der Waals surface area contributed by atoms with Crippen molar-refractivity contribution < 1.29 is 9.47 Å². The van der Waals surface area contributed by atoms with Gasteiger partial charge in [0.15, 0.2) is 0 Å². The van der Waals surface area contributed by atoms with E-state index in [-0.39, 0.29) is 0 Å². The summed E-state index contributed by atoms with van der Waals surface area (Å²) in [5, 5.41) is 0.632. The van der Waals surface area contributed by atoms with Gasteiger partial charge in [-0.15, -0.1) is 0 Å². The molecule has 1 aromatic carbocycles. The summed E-state index contributed by atoms with van der Waals surface area (Å²) in [6, 6.07) is 9.58. The second-order valence-electron chi connectivity index (χ2n) is 4.46. The molecule has 20 heavy (non-hydrogen) atoms. The SMILES string of the molecule is CCCOCc1cnc(-c2ccc(OC)cc2)c(Cl)c1. The van der Waals surface area contributed by atoms with Crippen molar-refractivity contribution in [2.24, 2.45) is 0 Å². The van der Waals surface area contributed by atoms with Crippen LogP contribution in [0.15, 0.2) is 36.5 Å². The van der Waals surface area contributed by atoms with Gasteiger partial charge in [0.2, 0.25) is 0 Å². The molecule has 0 atom stereocenters. The van der Waals surface area contributed by atoms with Gasteiger partial charge in [0.25, 0.3) is 0 Å². The van der Waals surface area contributed by atoms with Gasteiger partial charge >= 0.3 is 0 Å². The Bertz CT molecular complexity index is 555. The molecule has 0 fully saturated rings. The van der Waals surface area contributed by atoms with Crippen LogP contribution < -0.4 is 4.74 Å². The Balaban J connectivity index is 2.15. The molecule has 106 valence electrons. The van der Waals surface area contributed by atoms with Crippen molar-refractivity contribution in [2.45, 2.75) is 20.0 Å². The maximum atomic E-state index is 6.30. The van der Waals surface area contributed by atoms with E-state index in [4.69, 9.17) is 21.1 Å². The highest BCUT2D eigenvalue weighted by atomic mass is 35.5. The van der Waals surface area contributed by atoms with Gasteiger partial charge in [-0.1, -0.05) is 18.5 Å². The van der Waals surface area contributed by atoms with Gasteiger partial charge in [0.1, 0.15) is 5.75 Å². The van der Waals surface area contributed by atoms with Crippen molar-refractivity contribution in [1.82, 2.24) is 4.98 Å².